The highest BCUT2D eigenvalue weighted by Gasteiger charge is 2.11. The zero-order chi connectivity index (χ0) is 17.8. The average Bonchev–Trinajstić information content (AvgIpc) is 3.15. The van der Waals surface area contributed by atoms with Crippen molar-refractivity contribution in [3.05, 3.63) is 79.1 Å². The van der Waals surface area contributed by atoms with Gasteiger partial charge in [0.2, 0.25) is 5.95 Å². The molecule has 128 valence electrons. The van der Waals surface area contributed by atoms with Gasteiger partial charge in [-0.25, -0.2) is 0 Å². The minimum Gasteiger partial charge on any atom is -0.484 e. The van der Waals surface area contributed by atoms with E-state index in [2.05, 4.69) is 15.4 Å². The summed E-state index contributed by atoms with van der Waals surface area (Å²) < 4.78 is 7.16. The van der Waals surface area contributed by atoms with E-state index in [0.717, 1.165) is 16.5 Å². The van der Waals surface area contributed by atoms with Crippen molar-refractivity contribution in [2.24, 2.45) is 0 Å². The van der Waals surface area contributed by atoms with Crippen molar-refractivity contribution < 1.29 is 9.53 Å². The molecule has 0 saturated heterocycles. The van der Waals surface area contributed by atoms with E-state index in [1.807, 2.05) is 72.8 Å². The Morgan fingerprint density at radius 2 is 1.73 bits per heavy atom. The number of fused-ring (bicyclic) bond motifs is 1. The highest BCUT2D eigenvalue weighted by molar-refractivity contribution is 5.90. The second-order valence-electron chi connectivity index (χ2n) is 5.68. The van der Waals surface area contributed by atoms with Crippen molar-refractivity contribution in [1.82, 2.24) is 14.8 Å². The summed E-state index contributed by atoms with van der Waals surface area (Å²) in [6, 6.07) is 23.2. The monoisotopic (exact) mass is 344 g/mol. The molecule has 6 heteroatoms. The number of aromatic nitrogens is 3. The Kier molecular flexibility index (Phi) is 4.30. The first-order valence-corrected chi connectivity index (χ1v) is 8.16. The predicted molar refractivity (Wildman–Crippen MR) is 99.4 cm³/mol. The number of carbonyl (C=O) groups is 1. The maximum atomic E-state index is 12.2. The number of benzene rings is 3. The van der Waals surface area contributed by atoms with Crippen LogP contribution in [0.3, 0.4) is 0 Å². The number of nitrogens with zero attached hydrogens (tertiary/aromatic N) is 3. The lowest BCUT2D eigenvalue weighted by Gasteiger charge is -2.09. The van der Waals surface area contributed by atoms with Gasteiger partial charge < -0.3 is 4.74 Å². The maximum absolute atomic E-state index is 12.2. The largest absolute Gasteiger partial charge is 0.484 e. The number of rotatable bonds is 5. The van der Waals surface area contributed by atoms with Crippen molar-refractivity contribution in [1.29, 1.82) is 0 Å². The minimum absolute atomic E-state index is 0.111. The first-order chi connectivity index (χ1) is 12.8. The molecule has 0 saturated carbocycles. The topological polar surface area (TPSA) is 69.0 Å². The molecule has 1 amide bonds. The van der Waals surface area contributed by atoms with E-state index in [-0.39, 0.29) is 12.5 Å². The quantitative estimate of drug-likeness (QED) is 0.602. The predicted octanol–water partition coefficient (Wildman–Crippen LogP) is 3.44. The standard InChI is InChI=1S/C20H16N4O2/c25-19(13-26-18-11-10-15-6-4-5-7-16(15)12-18)23-20-21-14-22-24(20)17-8-2-1-3-9-17/h1-12,14H,13H2,(H,21,22,23,25). The third-order valence-corrected chi connectivity index (χ3v) is 3.89. The van der Waals surface area contributed by atoms with Gasteiger partial charge in [-0.3, -0.25) is 10.1 Å². The number of amides is 1. The van der Waals surface area contributed by atoms with Gasteiger partial charge in [0.15, 0.2) is 6.61 Å². The van der Waals surface area contributed by atoms with Crippen LogP contribution in [0.4, 0.5) is 5.95 Å². The SMILES string of the molecule is O=C(COc1ccc2ccccc2c1)Nc1ncnn1-c1ccccc1. The number of nitrogens with one attached hydrogen (secondary N) is 1. The van der Waals surface area contributed by atoms with Crippen molar-refractivity contribution in [2.75, 3.05) is 11.9 Å². The fraction of sp³-hybridized carbons (Fsp3) is 0.0500. The smallest absolute Gasteiger partial charge is 0.264 e. The molecule has 0 unspecified atom stereocenters. The van der Waals surface area contributed by atoms with Gasteiger partial charge >= 0.3 is 0 Å². The Hall–Kier alpha value is -3.67. The molecule has 0 aliphatic carbocycles. The second kappa shape index (κ2) is 7.06. The first kappa shape index (κ1) is 15.8. The number of ether oxygens (including phenoxy) is 1. The van der Waals surface area contributed by atoms with E-state index in [0.29, 0.717) is 11.7 Å². The Morgan fingerprint density at radius 1 is 0.962 bits per heavy atom. The first-order valence-electron chi connectivity index (χ1n) is 8.16. The Morgan fingerprint density at radius 3 is 2.58 bits per heavy atom. The third-order valence-electron chi connectivity index (χ3n) is 3.89. The lowest BCUT2D eigenvalue weighted by molar-refractivity contribution is -0.118. The van der Waals surface area contributed by atoms with Crippen molar-refractivity contribution >= 4 is 22.6 Å². The summed E-state index contributed by atoms with van der Waals surface area (Å²) in [4.78, 5) is 16.3. The molecule has 3 aromatic carbocycles. The lowest BCUT2D eigenvalue weighted by atomic mass is 10.1. The number of anilines is 1. The summed E-state index contributed by atoms with van der Waals surface area (Å²) in [5.41, 5.74) is 0.816. The Balaban J connectivity index is 1.42. The minimum atomic E-state index is -0.302. The van der Waals surface area contributed by atoms with Gasteiger partial charge in [-0.2, -0.15) is 14.8 Å². The molecule has 6 nitrogen and oxygen atoms in total. The fourth-order valence-corrected chi connectivity index (χ4v) is 2.65. The van der Waals surface area contributed by atoms with E-state index in [1.54, 1.807) is 4.68 Å². The Bertz CT molecular complexity index is 1040. The van der Waals surface area contributed by atoms with Gasteiger partial charge in [0.25, 0.3) is 5.91 Å². The molecule has 0 radical (unpaired) electrons. The van der Waals surface area contributed by atoms with Gasteiger partial charge in [0, 0.05) is 0 Å². The van der Waals surface area contributed by atoms with Crippen LogP contribution in [0.15, 0.2) is 79.1 Å². The molecule has 26 heavy (non-hydrogen) atoms. The summed E-state index contributed by atoms with van der Waals surface area (Å²) in [5.74, 6) is 0.690. The average molecular weight is 344 g/mol. The summed E-state index contributed by atoms with van der Waals surface area (Å²) in [5, 5.41) is 9.05. The normalized spacial score (nSPS) is 10.6. The zero-order valence-electron chi connectivity index (χ0n) is 13.9. The summed E-state index contributed by atoms with van der Waals surface area (Å²) >= 11 is 0. The van der Waals surface area contributed by atoms with Crippen molar-refractivity contribution in [3.8, 4) is 11.4 Å². The van der Waals surface area contributed by atoms with Gasteiger partial charge in [-0.15, -0.1) is 0 Å². The lowest BCUT2D eigenvalue weighted by Crippen LogP contribution is -2.22. The number of hydrogen-bond acceptors (Lipinski definition) is 4. The molecular weight excluding hydrogens is 328 g/mol. The highest BCUT2D eigenvalue weighted by Crippen LogP contribution is 2.20. The van der Waals surface area contributed by atoms with Crippen LogP contribution in [0.25, 0.3) is 16.5 Å². The zero-order valence-corrected chi connectivity index (χ0v) is 13.9. The molecular formula is C20H16N4O2. The number of para-hydroxylation sites is 1. The number of hydrogen-bond donors (Lipinski definition) is 1. The molecule has 0 atom stereocenters. The van der Waals surface area contributed by atoms with Crippen LogP contribution in [0.5, 0.6) is 5.75 Å². The van der Waals surface area contributed by atoms with Crippen LogP contribution in [0.1, 0.15) is 0 Å². The van der Waals surface area contributed by atoms with Crippen LogP contribution >= 0.6 is 0 Å². The van der Waals surface area contributed by atoms with E-state index >= 15 is 0 Å². The maximum Gasteiger partial charge on any atom is 0.264 e. The van der Waals surface area contributed by atoms with Crippen LogP contribution in [0, 0.1) is 0 Å². The molecule has 0 fully saturated rings. The molecule has 4 rings (SSSR count). The van der Waals surface area contributed by atoms with Gasteiger partial charge in [0.1, 0.15) is 12.1 Å². The van der Waals surface area contributed by atoms with Gasteiger partial charge in [-0.1, -0.05) is 48.5 Å². The third kappa shape index (κ3) is 3.39. The van der Waals surface area contributed by atoms with Gasteiger partial charge in [0.05, 0.1) is 5.69 Å². The molecule has 4 aromatic rings. The highest BCUT2D eigenvalue weighted by atomic mass is 16.5. The fourth-order valence-electron chi connectivity index (χ4n) is 2.65. The molecule has 0 aliphatic rings. The van der Waals surface area contributed by atoms with Crippen LogP contribution in [0.2, 0.25) is 0 Å². The van der Waals surface area contributed by atoms with E-state index in [1.165, 1.54) is 6.33 Å². The van der Waals surface area contributed by atoms with E-state index < -0.39 is 0 Å². The molecule has 1 N–H and O–H groups in total. The van der Waals surface area contributed by atoms with Crippen molar-refractivity contribution in [3.63, 3.8) is 0 Å². The van der Waals surface area contributed by atoms with E-state index in [9.17, 15) is 4.79 Å². The second-order valence-corrected chi connectivity index (χ2v) is 5.68. The van der Waals surface area contributed by atoms with Gasteiger partial charge in [-0.05, 0) is 35.0 Å². The Labute approximate surface area is 150 Å². The van der Waals surface area contributed by atoms with E-state index in [4.69, 9.17) is 4.74 Å². The summed E-state index contributed by atoms with van der Waals surface area (Å²) in [7, 11) is 0. The molecule has 1 aromatic heterocycles. The van der Waals surface area contributed by atoms with Crippen LogP contribution < -0.4 is 10.1 Å². The molecule has 0 aliphatic heterocycles. The van der Waals surface area contributed by atoms with Crippen LogP contribution in [-0.2, 0) is 4.79 Å². The number of carbonyl (C=O) groups excluding carboxylic acids is 1. The molecule has 0 spiro atoms. The van der Waals surface area contributed by atoms with Crippen molar-refractivity contribution in [2.45, 2.75) is 0 Å². The summed E-state index contributed by atoms with van der Waals surface area (Å²) in [6.07, 6.45) is 1.40. The van der Waals surface area contributed by atoms with Crippen LogP contribution in [-0.4, -0.2) is 27.3 Å². The summed E-state index contributed by atoms with van der Waals surface area (Å²) in [6.45, 7) is -0.111. The molecule has 0 bridgehead atoms. The molecule has 1 heterocycles.